The minimum Gasteiger partial charge on any atom is -0.481 e. The Morgan fingerprint density at radius 2 is 1.42 bits per heavy atom. The quantitative estimate of drug-likeness (QED) is 0.393. The summed E-state index contributed by atoms with van der Waals surface area (Å²) in [4.78, 5) is 37.4. The summed E-state index contributed by atoms with van der Waals surface area (Å²) in [7, 11) is 0. The Bertz CT molecular complexity index is 1190. The number of Topliss-reactive ketones (excluding diaryl/α,β-unsaturated/α-hetero) is 1. The van der Waals surface area contributed by atoms with Gasteiger partial charge in [0.2, 0.25) is 0 Å². The van der Waals surface area contributed by atoms with Crippen LogP contribution in [0.25, 0.3) is 11.1 Å². The van der Waals surface area contributed by atoms with E-state index < -0.39 is 23.8 Å². The Labute approximate surface area is 200 Å². The van der Waals surface area contributed by atoms with Gasteiger partial charge in [-0.05, 0) is 48.2 Å². The number of ketones is 1. The van der Waals surface area contributed by atoms with Crippen molar-refractivity contribution in [2.75, 3.05) is 0 Å². The predicted molar refractivity (Wildman–Crippen MR) is 128 cm³/mol. The number of rotatable bonds is 7. The molecule has 3 aromatic rings. The number of aromatic carboxylic acids is 1. The van der Waals surface area contributed by atoms with E-state index in [9.17, 15) is 24.6 Å². The fraction of sp³-hybridized carbons (Fsp3) is 0.192. The van der Waals surface area contributed by atoms with Gasteiger partial charge in [0, 0.05) is 26.6 Å². The molecule has 0 radical (unpaired) electrons. The number of carbonyl (C=O) groups is 3. The zero-order valence-corrected chi connectivity index (χ0v) is 19.1. The molecule has 0 spiro atoms. The molecule has 0 aliphatic heterocycles. The molecule has 1 aliphatic carbocycles. The SMILES string of the molecule is O=C(O)c1ccccc1SC1CC[C@H](C(=O)c2ccc(-c3ccc(Cl)cc3)cc2)[C@H]1C(=O)O. The van der Waals surface area contributed by atoms with Gasteiger partial charge in [0.05, 0.1) is 11.5 Å². The molecule has 0 aromatic heterocycles. The normalized spacial score (nSPS) is 19.8. The molecule has 2 N–H and O–H groups in total. The van der Waals surface area contributed by atoms with E-state index in [-0.39, 0.29) is 16.6 Å². The topological polar surface area (TPSA) is 91.7 Å². The number of halogens is 1. The molecule has 0 heterocycles. The van der Waals surface area contributed by atoms with E-state index in [1.807, 2.05) is 24.3 Å². The summed E-state index contributed by atoms with van der Waals surface area (Å²) < 4.78 is 0. The first-order valence-electron chi connectivity index (χ1n) is 10.5. The van der Waals surface area contributed by atoms with E-state index >= 15 is 0 Å². The first-order valence-corrected chi connectivity index (χ1v) is 11.7. The molecule has 7 heteroatoms. The second-order valence-corrected chi connectivity index (χ2v) is 9.67. The fourth-order valence-electron chi connectivity index (χ4n) is 4.31. The van der Waals surface area contributed by atoms with Crippen molar-refractivity contribution in [3.63, 3.8) is 0 Å². The standard InChI is InChI=1S/C26H21ClO5S/c27-18-11-9-16(10-12-18)15-5-7-17(8-6-15)24(28)20-13-14-22(23(20)26(31)32)33-21-4-2-1-3-19(21)25(29)30/h1-12,20,22-23H,13-14H2,(H,29,30)(H,31,32)/t20-,22?,23+/m0/s1. The summed E-state index contributed by atoms with van der Waals surface area (Å²) in [6, 6.07) is 21.1. The average molecular weight is 481 g/mol. The van der Waals surface area contributed by atoms with Gasteiger partial charge >= 0.3 is 11.9 Å². The van der Waals surface area contributed by atoms with Crippen molar-refractivity contribution >= 4 is 41.1 Å². The van der Waals surface area contributed by atoms with Crippen LogP contribution >= 0.6 is 23.4 Å². The van der Waals surface area contributed by atoms with E-state index in [0.717, 1.165) is 11.1 Å². The van der Waals surface area contributed by atoms with E-state index in [4.69, 9.17) is 11.6 Å². The molecule has 3 atom stereocenters. The lowest BCUT2D eigenvalue weighted by Crippen LogP contribution is -2.31. The zero-order valence-electron chi connectivity index (χ0n) is 17.5. The lowest BCUT2D eigenvalue weighted by Gasteiger charge is -2.20. The largest absolute Gasteiger partial charge is 0.481 e. The molecule has 1 fully saturated rings. The van der Waals surface area contributed by atoms with Crippen molar-refractivity contribution < 1.29 is 24.6 Å². The lowest BCUT2D eigenvalue weighted by atomic mass is 9.88. The number of carbonyl (C=O) groups excluding carboxylic acids is 1. The van der Waals surface area contributed by atoms with E-state index in [2.05, 4.69) is 0 Å². The van der Waals surface area contributed by atoms with Crippen LogP contribution < -0.4 is 0 Å². The molecular formula is C26H21ClO5S. The molecule has 0 amide bonds. The maximum Gasteiger partial charge on any atom is 0.336 e. The molecule has 168 valence electrons. The Hall–Kier alpha value is -3.09. The predicted octanol–water partition coefficient (Wildman–Crippen LogP) is 6.16. The number of carboxylic acids is 2. The monoisotopic (exact) mass is 480 g/mol. The van der Waals surface area contributed by atoms with Crippen LogP contribution in [-0.4, -0.2) is 33.2 Å². The van der Waals surface area contributed by atoms with Gasteiger partial charge in [-0.1, -0.05) is 60.1 Å². The van der Waals surface area contributed by atoms with Crippen LogP contribution in [0.1, 0.15) is 33.6 Å². The van der Waals surface area contributed by atoms with Crippen molar-refractivity contribution in [3.8, 4) is 11.1 Å². The van der Waals surface area contributed by atoms with Gasteiger partial charge in [0.1, 0.15) is 0 Å². The highest BCUT2D eigenvalue weighted by atomic mass is 35.5. The third kappa shape index (κ3) is 4.97. The Kier molecular flexibility index (Phi) is 6.86. The van der Waals surface area contributed by atoms with Crippen molar-refractivity contribution in [3.05, 3.63) is 88.9 Å². The first-order chi connectivity index (χ1) is 15.8. The maximum atomic E-state index is 13.2. The first kappa shape index (κ1) is 23.1. The summed E-state index contributed by atoms with van der Waals surface area (Å²) in [5.74, 6) is -3.83. The summed E-state index contributed by atoms with van der Waals surface area (Å²) in [6.45, 7) is 0. The lowest BCUT2D eigenvalue weighted by molar-refractivity contribution is -0.142. The zero-order chi connectivity index (χ0) is 23.5. The van der Waals surface area contributed by atoms with Crippen molar-refractivity contribution in [1.29, 1.82) is 0 Å². The van der Waals surface area contributed by atoms with Gasteiger partial charge in [-0.25, -0.2) is 4.79 Å². The second kappa shape index (κ2) is 9.81. The number of hydrogen-bond acceptors (Lipinski definition) is 4. The molecular weight excluding hydrogens is 460 g/mol. The van der Waals surface area contributed by atoms with Gasteiger partial charge in [0.15, 0.2) is 5.78 Å². The number of benzene rings is 3. The molecule has 5 nitrogen and oxygen atoms in total. The van der Waals surface area contributed by atoms with Crippen LogP contribution in [0.5, 0.6) is 0 Å². The van der Waals surface area contributed by atoms with Crippen LogP contribution in [0, 0.1) is 11.8 Å². The van der Waals surface area contributed by atoms with Crippen LogP contribution in [0.4, 0.5) is 0 Å². The third-order valence-corrected chi connectivity index (χ3v) is 7.65. The Balaban J connectivity index is 1.54. The fourth-order valence-corrected chi connectivity index (χ4v) is 5.91. The summed E-state index contributed by atoms with van der Waals surface area (Å²) in [5, 5.41) is 19.6. The molecule has 33 heavy (non-hydrogen) atoms. The summed E-state index contributed by atoms with van der Waals surface area (Å²) >= 11 is 7.18. The minimum absolute atomic E-state index is 0.138. The number of hydrogen-bond donors (Lipinski definition) is 2. The highest BCUT2D eigenvalue weighted by Gasteiger charge is 2.45. The van der Waals surface area contributed by atoms with Crippen molar-refractivity contribution in [1.82, 2.24) is 0 Å². The van der Waals surface area contributed by atoms with Gasteiger partial charge in [-0.15, -0.1) is 11.8 Å². The molecule has 3 aromatic carbocycles. The highest BCUT2D eigenvalue weighted by molar-refractivity contribution is 8.00. The number of aliphatic carboxylic acids is 1. The van der Waals surface area contributed by atoms with E-state index in [1.165, 1.54) is 17.8 Å². The number of carboxylic acid groups (broad SMARTS) is 2. The molecule has 1 saturated carbocycles. The molecule has 4 rings (SSSR count). The van der Waals surface area contributed by atoms with Crippen LogP contribution in [0.15, 0.2) is 77.7 Å². The smallest absolute Gasteiger partial charge is 0.336 e. The minimum atomic E-state index is -1.06. The van der Waals surface area contributed by atoms with Crippen LogP contribution in [0.2, 0.25) is 5.02 Å². The molecule has 0 saturated heterocycles. The molecule has 1 aliphatic rings. The Morgan fingerprint density at radius 1 is 0.818 bits per heavy atom. The average Bonchev–Trinajstić information content (AvgIpc) is 3.23. The number of thioether (sulfide) groups is 1. The van der Waals surface area contributed by atoms with E-state index in [0.29, 0.717) is 28.3 Å². The van der Waals surface area contributed by atoms with Crippen molar-refractivity contribution in [2.24, 2.45) is 11.8 Å². The second-order valence-electron chi connectivity index (χ2n) is 7.95. The van der Waals surface area contributed by atoms with Gasteiger partial charge < -0.3 is 10.2 Å². The van der Waals surface area contributed by atoms with Crippen LogP contribution in [-0.2, 0) is 4.79 Å². The van der Waals surface area contributed by atoms with Gasteiger partial charge in [-0.2, -0.15) is 0 Å². The van der Waals surface area contributed by atoms with E-state index in [1.54, 1.807) is 42.5 Å². The van der Waals surface area contributed by atoms with Gasteiger partial charge in [0.25, 0.3) is 0 Å². The summed E-state index contributed by atoms with van der Waals surface area (Å²) in [6.07, 6.45) is 0.969. The molecule has 0 bridgehead atoms. The van der Waals surface area contributed by atoms with Crippen LogP contribution in [0.3, 0.4) is 0 Å². The maximum absolute atomic E-state index is 13.2. The Morgan fingerprint density at radius 3 is 2.03 bits per heavy atom. The van der Waals surface area contributed by atoms with Crippen molar-refractivity contribution in [2.45, 2.75) is 23.0 Å². The van der Waals surface area contributed by atoms with Gasteiger partial charge in [-0.3, -0.25) is 9.59 Å². The highest BCUT2D eigenvalue weighted by Crippen LogP contribution is 2.44. The summed E-state index contributed by atoms with van der Waals surface area (Å²) in [5.41, 5.74) is 2.51. The molecule has 1 unspecified atom stereocenters. The third-order valence-electron chi connectivity index (χ3n) is 5.96.